The van der Waals surface area contributed by atoms with Crippen molar-refractivity contribution in [2.24, 2.45) is 0 Å². The molecule has 0 radical (unpaired) electrons. The van der Waals surface area contributed by atoms with E-state index in [1.807, 2.05) is 42.2 Å². The van der Waals surface area contributed by atoms with Crippen molar-refractivity contribution in [2.75, 3.05) is 16.8 Å². The number of rotatable bonds is 6. The van der Waals surface area contributed by atoms with Crippen molar-refractivity contribution in [3.63, 3.8) is 0 Å². The third-order valence-electron chi connectivity index (χ3n) is 3.75. The predicted octanol–water partition coefficient (Wildman–Crippen LogP) is 4.06. The van der Waals surface area contributed by atoms with Crippen molar-refractivity contribution in [1.29, 1.82) is 0 Å². The summed E-state index contributed by atoms with van der Waals surface area (Å²) < 4.78 is 40.2. The van der Waals surface area contributed by atoms with E-state index in [2.05, 4.69) is 20.5 Å². The fourth-order valence-electron chi connectivity index (χ4n) is 2.40. The maximum absolute atomic E-state index is 13.8. The third kappa shape index (κ3) is 3.90. The summed E-state index contributed by atoms with van der Waals surface area (Å²) in [4.78, 5) is 6.24. The van der Waals surface area contributed by atoms with Crippen molar-refractivity contribution < 1.29 is 13.2 Å². The molecule has 1 aromatic heterocycles. The van der Waals surface area contributed by atoms with E-state index < -0.39 is 17.5 Å². The van der Waals surface area contributed by atoms with E-state index in [0.717, 1.165) is 17.7 Å². The molecule has 0 aliphatic heterocycles. The van der Waals surface area contributed by atoms with Crippen molar-refractivity contribution in [1.82, 2.24) is 15.2 Å². The zero-order chi connectivity index (χ0) is 18.5. The molecule has 3 rings (SSSR count). The number of hydrogen-bond acceptors (Lipinski definition) is 5. The summed E-state index contributed by atoms with van der Waals surface area (Å²) in [5, 5.41) is 10.2. The maximum Gasteiger partial charge on any atom is 0.249 e. The summed E-state index contributed by atoms with van der Waals surface area (Å²) in [6.45, 7) is 3.23. The van der Waals surface area contributed by atoms with Gasteiger partial charge in [0.1, 0.15) is 0 Å². The topological polar surface area (TPSA) is 53.9 Å². The molecule has 0 aliphatic rings. The van der Waals surface area contributed by atoms with Crippen LogP contribution in [0.15, 0.2) is 48.7 Å². The van der Waals surface area contributed by atoms with Crippen molar-refractivity contribution >= 4 is 17.5 Å². The first-order valence-electron chi connectivity index (χ1n) is 7.97. The van der Waals surface area contributed by atoms with Gasteiger partial charge in [0, 0.05) is 13.1 Å². The Morgan fingerprint density at radius 1 is 1.00 bits per heavy atom. The molecule has 0 bridgehead atoms. The van der Waals surface area contributed by atoms with Gasteiger partial charge in [-0.05, 0) is 24.6 Å². The molecule has 5 nitrogen and oxygen atoms in total. The highest BCUT2D eigenvalue weighted by molar-refractivity contribution is 5.55. The van der Waals surface area contributed by atoms with Crippen LogP contribution in [0.5, 0.6) is 0 Å². The standard InChI is InChI=1S/C18H16F3N5/c1-2-26(11-12-6-4-3-5-7-12)15-10-22-25-18(24-15)23-14-9-8-13(19)16(20)17(14)21/h3-10H,2,11H2,1H3,(H,23,24,25). The highest BCUT2D eigenvalue weighted by atomic mass is 19.2. The molecule has 0 saturated carbocycles. The molecule has 26 heavy (non-hydrogen) atoms. The molecule has 0 unspecified atom stereocenters. The fraction of sp³-hybridized carbons (Fsp3) is 0.167. The Labute approximate surface area is 148 Å². The van der Waals surface area contributed by atoms with Crippen LogP contribution in [0.3, 0.4) is 0 Å². The van der Waals surface area contributed by atoms with Gasteiger partial charge in [0.25, 0.3) is 0 Å². The van der Waals surface area contributed by atoms with Gasteiger partial charge in [0.05, 0.1) is 11.9 Å². The Hall–Kier alpha value is -3.16. The van der Waals surface area contributed by atoms with Gasteiger partial charge in [-0.3, -0.25) is 0 Å². The molecule has 0 atom stereocenters. The Kier molecular flexibility index (Phi) is 5.31. The molecule has 0 fully saturated rings. The van der Waals surface area contributed by atoms with E-state index >= 15 is 0 Å². The van der Waals surface area contributed by atoms with Crippen LogP contribution in [0.4, 0.5) is 30.6 Å². The lowest BCUT2D eigenvalue weighted by molar-refractivity contribution is 0.449. The summed E-state index contributed by atoms with van der Waals surface area (Å²) in [7, 11) is 0. The first-order valence-corrected chi connectivity index (χ1v) is 7.97. The lowest BCUT2D eigenvalue weighted by atomic mass is 10.2. The fourth-order valence-corrected chi connectivity index (χ4v) is 2.40. The minimum absolute atomic E-state index is 0.0149. The second-order valence-electron chi connectivity index (χ2n) is 5.49. The summed E-state index contributed by atoms with van der Waals surface area (Å²) in [5.41, 5.74) is 0.822. The highest BCUT2D eigenvalue weighted by Gasteiger charge is 2.15. The normalized spacial score (nSPS) is 10.6. The molecule has 134 valence electrons. The number of hydrogen-bond donors (Lipinski definition) is 1. The van der Waals surface area contributed by atoms with Crippen LogP contribution >= 0.6 is 0 Å². The van der Waals surface area contributed by atoms with Gasteiger partial charge in [-0.2, -0.15) is 10.1 Å². The Balaban J connectivity index is 1.82. The first-order chi connectivity index (χ1) is 12.6. The van der Waals surface area contributed by atoms with Gasteiger partial charge in [-0.1, -0.05) is 30.3 Å². The maximum atomic E-state index is 13.8. The quantitative estimate of drug-likeness (QED) is 0.673. The average Bonchev–Trinajstić information content (AvgIpc) is 2.67. The van der Waals surface area contributed by atoms with E-state index in [4.69, 9.17) is 0 Å². The molecule has 8 heteroatoms. The van der Waals surface area contributed by atoms with Crippen LogP contribution in [0.1, 0.15) is 12.5 Å². The van der Waals surface area contributed by atoms with E-state index in [1.165, 1.54) is 6.20 Å². The highest BCUT2D eigenvalue weighted by Crippen LogP contribution is 2.23. The van der Waals surface area contributed by atoms with E-state index in [9.17, 15) is 13.2 Å². The monoisotopic (exact) mass is 359 g/mol. The number of benzene rings is 2. The molecule has 1 heterocycles. The molecular weight excluding hydrogens is 343 g/mol. The molecule has 0 saturated heterocycles. The van der Waals surface area contributed by atoms with Crippen LogP contribution < -0.4 is 10.2 Å². The molecular formula is C18H16F3N5. The van der Waals surface area contributed by atoms with Crippen LogP contribution in [0, 0.1) is 17.5 Å². The van der Waals surface area contributed by atoms with Gasteiger partial charge in [0.15, 0.2) is 23.3 Å². The minimum atomic E-state index is -1.56. The van der Waals surface area contributed by atoms with Gasteiger partial charge < -0.3 is 10.2 Å². The summed E-state index contributed by atoms with van der Waals surface area (Å²) in [5.74, 6) is -3.65. The Morgan fingerprint density at radius 3 is 2.50 bits per heavy atom. The molecule has 2 aromatic carbocycles. The number of halogens is 3. The van der Waals surface area contributed by atoms with E-state index in [-0.39, 0.29) is 11.6 Å². The second kappa shape index (κ2) is 7.81. The molecule has 3 aromatic rings. The smallest absolute Gasteiger partial charge is 0.249 e. The molecule has 0 aliphatic carbocycles. The summed E-state index contributed by atoms with van der Waals surface area (Å²) in [6, 6.07) is 11.7. The van der Waals surface area contributed by atoms with Crippen LogP contribution in [-0.2, 0) is 6.54 Å². The van der Waals surface area contributed by atoms with E-state index in [0.29, 0.717) is 18.9 Å². The molecule has 0 spiro atoms. The lowest BCUT2D eigenvalue weighted by Gasteiger charge is -2.21. The van der Waals surface area contributed by atoms with E-state index in [1.54, 1.807) is 0 Å². The zero-order valence-electron chi connectivity index (χ0n) is 14.0. The van der Waals surface area contributed by atoms with Gasteiger partial charge in [0.2, 0.25) is 5.95 Å². The number of nitrogens with zero attached hydrogens (tertiary/aromatic N) is 4. The average molecular weight is 359 g/mol. The molecule has 1 N–H and O–H groups in total. The first kappa shape index (κ1) is 17.7. The largest absolute Gasteiger partial charge is 0.351 e. The third-order valence-corrected chi connectivity index (χ3v) is 3.75. The lowest BCUT2D eigenvalue weighted by Crippen LogP contribution is -2.23. The number of aromatic nitrogens is 3. The van der Waals surface area contributed by atoms with Crippen LogP contribution in [0.25, 0.3) is 0 Å². The summed E-state index contributed by atoms with van der Waals surface area (Å²) in [6.07, 6.45) is 1.49. The Morgan fingerprint density at radius 2 is 1.77 bits per heavy atom. The van der Waals surface area contributed by atoms with Gasteiger partial charge in [-0.25, -0.2) is 13.2 Å². The van der Waals surface area contributed by atoms with Gasteiger partial charge in [-0.15, -0.1) is 5.10 Å². The number of anilines is 3. The molecule has 0 amide bonds. The van der Waals surface area contributed by atoms with Crippen molar-refractivity contribution in [2.45, 2.75) is 13.5 Å². The predicted molar refractivity (Wildman–Crippen MR) is 92.6 cm³/mol. The minimum Gasteiger partial charge on any atom is -0.351 e. The number of nitrogens with one attached hydrogen (secondary N) is 1. The van der Waals surface area contributed by atoms with Crippen LogP contribution in [-0.4, -0.2) is 21.7 Å². The van der Waals surface area contributed by atoms with Gasteiger partial charge >= 0.3 is 0 Å². The van der Waals surface area contributed by atoms with Crippen molar-refractivity contribution in [3.05, 3.63) is 71.7 Å². The second-order valence-corrected chi connectivity index (χ2v) is 5.49. The SMILES string of the molecule is CCN(Cc1ccccc1)c1cnnc(Nc2ccc(F)c(F)c2F)n1. The summed E-state index contributed by atoms with van der Waals surface area (Å²) >= 11 is 0. The zero-order valence-corrected chi connectivity index (χ0v) is 14.0. The van der Waals surface area contributed by atoms with Crippen LogP contribution in [0.2, 0.25) is 0 Å². The Bertz CT molecular complexity index is 889. The van der Waals surface area contributed by atoms with Crippen molar-refractivity contribution in [3.8, 4) is 0 Å².